The monoisotopic (exact) mass is 412 g/mol. The molecular weight excluding hydrogens is 392 g/mol. The molecule has 2 heterocycles. The highest BCUT2D eigenvalue weighted by Gasteiger charge is 2.19. The van der Waals surface area contributed by atoms with Crippen molar-refractivity contribution in [2.24, 2.45) is 4.99 Å². The minimum Gasteiger partial charge on any atom is -0.468 e. The maximum absolute atomic E-state index is 12.7. The van der Waals surface area contributed by atoms with Gasteiger partial charge in [0.2, 0.25) is 6.79 Å². The number of ether oxygens (including phenoxy) is 3. The Hall–Kier alpha value is -3.13. The number of rotatable bonds is 4. The standard InChI is InChI=1S/C21H20N2O5S/c1-12-4-5-13(2)14(6-12)7-19(24)22-21-23(10-20(25)26-3)15-8-16-17(28-11-27-16)9-18(15)29-21/h4-6,8-9H,7,10-11H2,1-3H3. The predicted molar refractivity (Wildman–Crippen MR) is 108 cm³/mol. The van der Waals surface area contributed by atoms with Crippen molar-refractivity contribution in [3.8, 4) is 11.5 Å². The van der Waals surface area contributed by atoms with Crippen LogP contribution in [-0.4, -0.2) is 30.3 Å². The number of aromatic nitrogens is 1. The summed E-state index contributed by atoms with van der Waals surface area (Å²) in [6, 6.07) is 9.64. The molecule has 0 spiro atoms. The summed E-state index contributed by atoms with van der Waals surface area (Å²) >= 11 is 1.32. The van der Waals surface area contributed by atoms with Gasteiger partial charge in [-0.05, 0) is 25.0 Å². The molecule has 0 radical (unpaired) electrons. The molecule has 0 N–H and O–H groups in total. The van der Waals surface area contributed by atoms with Crippen LogP contribution in [0.15, 0.2) is 35.3 Å². The van der Waals surface area contributed by atoms with Crippen molar-refractivity contribution in [3.63, 3.8) is 0 Å². The number of methoxy groups -OCH3 is 1. The number of hydrogen-bond acceptors (Lipinski definition) is 6. The smallest absolute Gasteiger partial charge is 0.325 e. The maximum atomic E-state index is 12.7. The predicted octanol–water partition coefficient (Wildman–Crippen LogP) is 2.89. The number of benzene rings is 2. The lowest BCUT2D eigenvalue weighted by atomic mass is 10.0. The van der Waals surface area contributed by atoms with Gasteiger partial charge in [0.25, 0.3) is 5.91 Å². The van der Waals surface area contributed by atoms with Gasteiger partial charge >= 0.3 is 5.97 Å². The number of hydrogen-bond donors (Lipinski definition) is 0. The lowest BCUT2D eigenvalue weighted by Crippen LogP contribution is -2.22. The van der Waals surface area contributed by atoms with Gasteiger partial charge in [-0.1, -0.05) is 35.1 Å². The van der Waals surface area contributed by atoms with Crippen LogP contribution < -0.4 is 14.3 Å². The third-order valence-electron chi connectivity index (χ3n) is 4.76. The molecule has 0 unspecified atom stereocenters. The van der Waals surface area contributed by atoms with E-state index in [1.165, 1.54) is 18.4 Å². The molecule has 0 saturated carbocycles. The summed E-state index contributed by atoms with van der Waals surface area (Å²) in [5.41, 5.74) is 3.82. The first-order chi connectivity index (χ1) is 13.9. The Bertz CT molecular complexity index is 1190. The molecule has 2 aromatic carbocycles. The third-order valence-corrected chi connectivity index (χ3v) is 5.80. The molecule has 0 fully saturated rings. The van der Waals surface area contributed by atoms with E-state index in [9.17, 15) is 9.59 Å². The minimum absolute atomic E-state index is 0.0499. The van der Waals surface area contributed by atoms with Crippen LogP contribution >= 0.6 is 11.3 Å². The van der Waals surface area contributed by atoms with Crippen LogP contribution in [0.4, 0.5) is 0 Å². The first-order valence-electron chi connectivity index (χ1n) is 9.08. The number of esters is 1. The summed E-state index contributed by atoms with van der Waals surface area (Å²) in [7, 11) is 1.33. The second-order valence-electron chi connectivity index (χ2n) is 6.83. The van der Waals surface area contributed by atoms with E-state index in [0.29, 0.717) is 16.3 Å². The lowest BCUT2D eigenvalue weighted by molar-refractivity contribution is -0.141. The molecule has 1 amide bonds. The quantitative estimate of drug-likeness (QED) is 0.616. The normalized spacial score (nSPS) is 13.1. The largest absolute Gasteiger partial charge is 0.468 e. The van der Waals surface area contributed by atoms with E-state index >= 15 is 0 Å². The zero-order chi connectivity index (χ0) is 20.5. The SMILES string of the molecule is COC(=O)Cn1c(=NC(=O)Cc2cc(C)ccc2C)sc2cc3c(cc21)OCO3. The van der Waals surface area contributed by atoms with Crippen LogP contribution in [0.25, 0.3) is 10.2 Å². The lowest BCUT2D eigenvalue weighted by Gasteiger charge is -2.05. The van der Waals surface area contributed by atoms with Gasteiger partial charge in [-0.2, -0.15) is 4.99 Å². The van der Waals surface area contributed by atoms with Crippen molar-refractivity contribution < 1.29 is 23.8 Å². The molecule has 150 valence electrons. The van der Waals surface area contributed by atoms with E-state index in [2.05, 4.69) is 4.99 Å². The molecule has 29 heavy (non-hydrogen) atoms. The van der Waals surface area contributed by atoms with Crippen LogP contribution in [-0.2, 0) is 27.3 Å². The summed E-state index contributed by atoms with van der Waals surface area (Å²) in [5.74, 6) is 0.536. The van der Waals surface area contributed by atoms with E-state index < -0.39 is 5.97 Å². The van der Waals surface area contributed by atoms with Crippen molar-refractivity contribution >= 4 is 33.4 Å². The fourth-order valence-corrected chi connectivity index (χ4v) is 4.25. The number of amides is 1. The van der Waals surface area contributed by atoms with Gasteiger partial charge in [0, 0.05) is 12.1 Å². The van der Waals surface area contributed by atoms with Crippen LogP contribution in [0.2, 0.25) is 0 Å². The van der Waals surface area contributed by atoms with Crippen LogP contribution in [0.5, 0.6) is 11.5 Å². The molecule has 4 rings (SSSR count). The highest BCUT2D eigenvalue weighted by atomic mass is 32.1. The van der Waals surface area contributed by atoms with Crippen LogP contribution in [0.1, 0.15) is 16.7 Å². The number of fused-ring (bicyclic) bond motifs is 2. The fourth-order valence-electron chi connectivity index (χ4n) is 3.19. The zero-order valence-corrected chi connectivity index (χ0v) is 17.2. The Kier molecular flexibility index (Phi) is 5.10. The van der Waals surface area contributed by atoms with Crippen molar-refractivity contribution in [3.05, 3.63) is 51.8 Å². The number of carbonyl (C=O) groups is 2. The Labute approximate surface area is 171 Å². The Morgan fingerprint density at radius 3 is 2.69 bits per heavy atom. The van der Waals surface area contributed by atoms with Gasteiger partial charge in [0.05, 0.1) is 23.7 Å². The molecule has 0 aliphatic carbocycles. The second-order valence-corrected chi connectivity index (χ2v) is 7.84. The Balaban J connectivity index is 1.76. The third kappa shape index (κ3) is 3.88. The molecule has 3 aromatic rings. The maximum Gasteiger partial charge on any atom is 0.325 e. The van der Waals surface area contributed by atoms with Gasteiger partial charge in [-0.15, -0.1) is 0 Å². The zero-order valence-electron chi connectivity index (χ0n) is 16.4. The Morgan fingerprint density at radius 2 is 1.93 bits per heavy atom. The highest BCUT2D eigenvalue weighted by molar-refractivity contribution is 7.16. The molecule has 8 heteroatoms. The molecule has 7 nitrogen and oxygen atoms in total. The van der Waals surface area contributed by atoms with Crippen LogP contribution in [0, 0.1) is 13.8 Å². The molecule has 0 bridgehead atoms. The van der Waals surface area contributed by atoms with Crippen molar-refractivity contribution in [2.45, 2.75) is 26.8 Å². The number of aryl methyl sites for hydroxylation is 2. The number of thiazole rings is 1. The average Bonchev–Trinajstić information content (AvgIpc) is 3.27. The summed E-state index contributed by atoms with van der Waals surface area (Å²) in [6.45, 7) is 4.07. The van der Waals surface area contributed by atoms with Gasteiger partial charge in [0.1, 0.15) is 6.54 Å². The van der Waals surface area contributed by atoms with Crippen LogP contribution in [0.3, 0.4) is 0 Å². The highest BCUT2D eigenvalue weighted by Crippen LogP contribution is 2.37. The molecule has 1 aromatic heterocycles. The van der Waals surface area contributed by atoms with Gasteiger partial charge < -0.3 is 18.8 Å². The van der Waals surface area contributed by atoms with Crippen molar-refractivity contribution in [1.29, 1.82) is 0 Å². The van der Waals surface area contributed by atoms with Gasteiger partial charge in [0.15, 0.2) is 16.3 Å². The van der Waals surface area contributed by atoms with Crippen molar-refractivity contribution in [1.82, 2.24) is 4.57 Å². The summed E-state index contributed by atoms with van der Waals surface area (Å²) in [4.78, 5) is 29.4. The summed E-state index contributed by atoms with van der Waals surface area (Å²) in [6.07, 6.45) is 0.197. The molecule has 1 aliphatic rings. The first-order valence-corrected chi connectivity index (χ1v) is 9.90. The Morgan fingerprint density at radius 1 is 1.17 bits per heavy atom. The molecule has 1 aliphatic heterocycles. The summed E-state index contributed by atoms with van der Waals surface area (Å²) < 4.78 is 18.2. The van der Waals surface area contributed by atoms with Gasteiger partial charge in [-0.25, -0.2) is 0 Å². The second kappa shape index (κ2) is 7.71. The summed E-state index contributed by atoms with van der Waals surface area (Å²) in [5, 5.41) is 0. The molecular formula is C21H20N2O5S. The van der Waals surface area contributed by atoms with E-state index in [-0.39, 0.29) is 25.7 Å². The van der Waals surface area contributed by atoms with E-state index in [0.717, 1.165) is 26.9 Å². The molecule has 0 atom stereocenters. The molecule has 0 saturated heterocycles. The topological polar surface area (TPSA) is 79.1 Å². The number of nitrogens with zero attached hydrogens (tertiary/aromatic N) is 2. The number of carbonyl (C=O) groups excluding carboxylic acids is 2. The van der Waals surface area contributed by atoms with E-state index in [1.54, 1.807) is 10.6 Å². The average molecular weight is 412 g/mol. The first kappa shape index (κ1) is 19.2. The van der Waals surface area contributed by atoms with E-state index in [1.807, 2.05) is 38.1 Å². The van der Waals surface area contributed by atoms with Gasteiger partial charge in [-0.3, -0.25) is 9.59 Å². The van der Waals surface area contributed by atoms with E-state index in [4.69, 9.17) is 14.2 Å². The fraction of sp³-hybridized carbons (Fsp3) is 0.286. The minimum atomic E-state index is -0.425. The van der Waals surface area contributed by atoms with Crippen molar-refractivity contribution in [2.75, 3.05) is 13.9 Å².